The number of anilines is 1. The topological polar surface area (TPSA) is 42.1 Å². The van der Waals surface area contributed by atoms with Gasteiger partial charge in [0, 0.05) is 19.1 Å². The monoisotopic (exact) mass is 245 g/mol. The Bertz CT molecular complexity index is 385. The van der Waals surface area contributed by atoms with Crippen LogP contribution in [0, 0.1) is 5.92 Å². The van der Waals surface area contributed by atoms with Crippen LogP contribution in [0.4, 0.5) is 5.69 Å². The van der Waals surface area contributed by atoms with Gasteiger partial charge in [-0.2, -0.15) is 0 Å². The fraction of sp³-hybridized carbons (Fsp3) is 0.667. The van der Waals surface area contributed by atoms with E-state index in [1.807, 2.05) is 6.20 Å². The molecule has 18 heavy (non-hydrogen) atoms. The summed E-state index contributed by atoms with van der Waals surface area (Å²) in [6, 6.07) is 5.03. The van der Waals surface area contributed by atoms with E-state index in [9.17, 15) is 0 Å². The molecule has 1 aliphatic carbocycles. The van der Waals surface area contributed by atoms with Gasteiger partial charge in [-0.3, -0.25) is 4.98 Å². The fourth-order valence-electron chi connectivity index (χ4n) is 3.65. The zero-order valence-corrected chi connectivity index (χ0v) is 11.0. The van der Waals surface area contributed by atoms with E-state index in [2.05, 4.69) is 22.0 Å². The normalized spacial score (nSPS) is 27.9. The van der Waals surface area contributed by atoms with E-state index in [-0.39, 0.29) is 0 Å². The third kappa shape index (κ3) is 2.24. The molecule has 0 aromatic carbocycles. The maximum atomic E-state index is 5.61. The average molecular weight is 245 g/mol. The van der Waals surface area contributed by atoms with Crippen LogP contribution in [0.3, 0.4) is 0 Å². The number of rotatable bonds is 2. The van der Waals surface area contributed by atoms with Crippen molar-refractivity contribution >= 4 is 5.69 Å². The van der Waals surface area contributed by atoms with Crippen LogP contribution < -0.4 is 10.6 Å². The van der Waals surface area contributed by atoms with Gasteiger partial charge in [0.05, 0.1) is 17.6 Å². The summed E-state index contributed by atoms with van der Waals surface area (Å²) in [5, 5.41) is 0. The van der Waals surface area contributed by atoms with E-state index in [0.717, 1.165) is 17.7 Å². The Kier molecular flexibility index (Phi) is 3.50. The second-order valence-electron chi connectivity index (χ2n) is 5.66. The van der Waals surface area contributed by atoms with Crippen molar-refractivity contribution in [3.8, 4) is 0 Å². The van der Waals surface area contributed by atoms with E-state index in [1.165, 1.54) is 50.8 Å². The van der Waals surface area contributed by atoms with Crippen LogP contribution in [0.5, 0.6) is 0 Å². The van der Waals surface area contributed by atoms with Gasteiger partial charge in [-0.05, 0) is 43.7 Å². The summed E-state index contributed by atoms with van der Waals surface area (Å²) >= 11 is 0. The summed E-state index contributed by atoms with van der Waals surface area (Å²) in [4.78, 5) is 7.04. The molecule has 0 spiro atoms. The minimum Gasteiger partial charge on any atom is -0.367 e. The third-order valence-electron chi connectivity index (χ3n) is 4.59. The summed E-state index contributed by atoms with van der Waals surface area (Å²) in [5.74, 6) is 0.918. The van der Waals surface area contributed by atoms with Crippen molar-refractivity contribution in [3.63, 3.8) is 0 Å². The average Bonchev–Trinajstić information content (AvgIpc) is 2.47. The van der Waals surface area contributed by atoms with Gasteiger partial charge in [-0.1, -0.05) is 12.8 Å². The van der Waals surface area contributed by atoms with E-state index in [4.69, 9.17) is 5.73 Å². The largest absolute Gasteiger partial charge is 0.367 e. The van der Waals surface area contributed by atoms with E-state index in [0.29, 0.717) is 6.54 Å². The highest BCUT2D eigenvalue weighted by atomic mass is 15.2. The quantitative estimate of drug-likeness (QED) is 0.871. The number of nitrogens with two attached hydrogens (primary N) is 1. The maximum Gasteiger partial charge on any atom is 0.0555 e. The molecule has 98 valence electrons. The number of nitrogens with zero attached hydrogens (tertiary/aromatic N) is 2. The van der Waals surface area contributed by atoms with Crippen molar-refractivity contribution in [2.75, 3.05) is 11.4 Å². The molecule has 0 radical (unpaired) electrons. The van der Waals surface area contributed by atoms with Crippen molar-refractivity contribution in [1.29, 1.82) is 0 Å². The number of hydrogen-bond acceptors (Lipinski definition) is 3. The lowest BCUT2D eigenvalue weighted by atomic mass is 9.78. The van der Waals surface area contributed by atoms with Crippen LogP contribution in [-0.2, 0) is 6.54 Å². The lowest BCUT2D eigenvalue weighted by Crippen LogP contribution is -2.46. The van der Waals surface area contributed by atoms with Crippen LogP contribution in [-0.4, -0.2) is 17.6 Å². The molecule has 3 heteroatoms. The Morgan fingerprint density at radius 2 is 2.00 bits per heavy atom. The van der Waals surface area contributed by atoms with Crippen molar-refractivity contribution in [3.05, 3.63) is 24.0 Å². The van der Waals surface area contributed by atoms with Crippen molar-refractivity contribution < 1.29 is 0 Å². The fourth-order valence-corrected chi connectivity index (χ4v) is 3.65. The highest BCUT2D eigenvalue weighted by Gasteiger charge is 2.33. The molecular weight excluding hydrogens is 222 g/mol. The highest BCUT2D eigenvalue weighted by Crippen LogP contribution is 2.37. The number of fused-ring (bicyclic) bond motifs is 1. The molecule has 1 aromatic heterocycles. The molecule has 0 bridgehead atoms. The number of pyridine rings is 1. The molecule has 0 unspecified atom stereocenters. The summed E-state index contributed by atoms with van der Waals surface area (Å²) in [6.07, 6.45) is 10.4. The first-order valence-electron chi connectivity index (χ1n) is 7.30. The van der Waals surface area contributed by atoms with Crippen LogP contribution in [0.1, 0.15) is 44.2 Å². The number of aromatic nitrogens is 1. The molecule has 3 nitrogen and oxygen atoms in total. The SMILES string of the molecule is NCc1ccc(N2CCC[C@H]3CCCC[C@H]32)cn1. The second-order valence-corrected chi connectivity index (χ2v) is 5.66. The Hall–Kier alpha value is -1.09. The van der Waals surface area contributed by atoms with Gasteiger partial charge < -0.3 is 10.6 Å². The predicted octanol–water partition coefficient (Wildman–Crippen LogP) is 2.70. The van der Waals surface area contributed by atoms with Crippen LogP contribution in [0.2, 0.25) is 0 Å². The van der Waals surface area contributed by atoms with Gasteiger partial charge in [-0.25, -0.2) is 0 Å². The summed E-state index contributed by atoms with van der Waals surface area (Å²) in [6.45, 7) is 1.73. The Labute approximate surface area is 109 Å². The van der Waals surface area contributed by atoms with Gasteiger partial charge >= 0.3 is 0 Å². The van der Waals surface area contributed by atoms with E-state index < -0.39 is 0 Å². The lowest BCUT2D eigenvalue weighted by Gasteiger charge is -2.45. The van der Waals surface area contributed by atoms with E-state index >= 15 is 0 Å². The third-order valence-corrected chi connectivity index (χ3v) is 4.59. The van der Waals surface area contributed by atoms with Gasteiger partial charge in [0.25, 0.3) is 0 Å². The maximum absolute atomic E-state index is 5.61. The van der Waals surface area contributed by atoms with Crippen molar-refractivity contribution in [1.82, 2.24) is 4.98 Å². The molecule has 2 atom stereocenters. The molecule has 1 saturated carbocycles. The first kappa shape index (κ1) is 12.0. The zero-order chi connectivity index (χ0) is 12.4. The molecule has 0 amide bonds. The van der Waals surface area contributed by atoms with Crippen molar-refractivity contribution in [2.24, 2.45) is 11.7 Å². The second kappa shape index (κ2) is 5.27. The van der Waals surface area contributed by atoms with Gasteiger partial charge in [0.2, 0.25) is 0 Å². The molecule has 1 aromatic rings. The molecule has 1 saturated heterocycles. The van der Waals surface area contributed by atoms with Crippen LogP contribution >= 0.6 is 0 Å². The molecular formula is C15H23N3. The van der Waals surface area contributed by atoms with Gasteiger partial charge in [0.15, 0.2) is 0 Å². The predicted molar refractivity (Wildman–Crippen MR) is 74.5 cm³/mol. The standard InChI is InChI=1S/C15H23N3/c16-10-13-7-8-14(11-17-13)18-9-3-5-12-4-1-2-6-15(12)18/h7-8,11-12,15H,1-6,9-10,16H2/t12-,15-/m1/s1. The van der Waals surface area contributed by atoms with Gasteiger partial charge in [0.1, 0.15) is 0 Å². The Morgan fingerprint density at radius 3 is 2.78 bits per heavy atom. The smallest absolute Gasteiger partial charge is 0.0555 e. The van der Waals surface area contributed by atoms with Crippen molar-refractivity contribution in [2.45, 2.75) is 51.1 Å². The minimum atomic E-state index is 0.534. The molecule has 1 aliphatic heterocycles. The summed E-state index contributed by atoms with van der Waals surface area (Å²) < 4.78 is 0. The first-order chi connectivity index (χ1) is 8.88. The lowest BCUT2D eigenvalue weighted by molar-refractivity contribution is 0.243. The molecule has 2 aliphatic rings. The Balaban J connectivity index is 1.80. The van der Waals surface area contributed by atoms with Crippen LogP contribution in [0.25, 0.3) is 0 Å². The van der Waals surface area contributed by atoms with Gasteiger partial charge in [-0.15, -0.1) is 0 Å². The van der Waals surface area contributed by atoms with E-state index in [1.54, 1.807) is 0 Å². The van der Waals surface area contributed by atoms with Crippen LogP contribution in [0.15, 0.2) is 18.3 Å². The number of piperidine rings is 1. The molecule has 2 fully saturated rings. The summed E-state index contributed by atoms with van der Waals surface area (Å²) in [7, 11) is 0. The highest BCUT2D eigenvalue weighted by molar-refractivity contribution is 5.46. The molecule has 2 heterocycles. The Morgan fingerprint density at radius 1 is 1.17 bits per heavy atom. The number of hydrogen-bond donors (Lipinski definition) is 1. The first-order valence-corrected chi connectivity index (χ1v) is 7.30. The molecule has 2 N–H and O–H groups in total. The molecule has 3 rings (SSSR count). The summed E-state index contributed by atoms with van der Waals surface area (Å²) in [5.41, 5.74) is 7.89. The zero-order valence-electron chi connectivity index (χ0n) is 11.0. The minimum absolute atomic E-state index is 0.534.